The number of fused-ring (bicyclic) bond motifs is 1. The number of benzene rings is 2. The van der Waals surface area contributed by atoms with Crippen molar-refractivity contribution < 1.29 is 4.79 Å². The highest BCUT2D eigenvalue weighted by molar-refractivity contribution is 6.30. The molecule has 1 N–H and O–H groups in total. The molecule has 5 heteroatoms. The van der Waals surface area contributed by atoms with Crippen LogP contribution in [0.25, 0.3) is 16.9 Å². The minimum absolute atomic E-state index is 0.184. The first-order valence-electron chi connectivity index (χ1n) is 8.23. The van der Waals surface area contributed by atoms with Crippen molar-refractivity contribution in [3.63, 3.8) is 0 Å². The lowest BCUT2D eigenvalue weighted by atomic mass is 10.1. The Hall–Kier alpha value is -3.11. The second-order valence-electron chi connectivity index (χ2n) is 6.07. The number of rotatable bonds is 3. The van der Waals surface area contributed by atoms with Gasteiger partial charge in [0.25, 0.3) is 5.91 Å². The monoisotopic (exact) mass is 361 g/mol. The Kier molecular flexibility index (Phi) is 4.19. The molecular formula is C21H16ClN3O. The number of halogens is 1. The van der Waals surface area contributed by atoms with Gasteiger partial charge >= 0.3 is 0 Å². The summed E-state index contributed by atoms with van der Waals surface area (Å²) in [6.45, 7) is 2.01. The van der Waals surface area contributed by atoms with Gasteiger partial charge in [0.1, 0.15) is 17.2 Å². The molecule has 0 fully saturated rings. The average Bonchev–Trinajstić information content (AvgIpc) is 3.00. The highest BCUT2D eigenvalue weighted by Crippen LogP contribution is 2.31. The highest BCUT2D eigenvalue weighted by Gasteiger charge is 2.17. The predicted molar refractivity (Wildman–Crippen MR) is 105 cm³/mol. The molecule has 0 bridgehead atoms. The number of amides is 1. The molecule has 0 atom stereocenters. The van der Waals surface area contributed by atoms with E-state index in [9.17, 15) is 4.79 Å². The van der Waals surface area contributed by atoms with E-state index in [-0.39, 0.29) is 5.91 Å². The minimum Gasteiger partial charge on any atom is -0.306 e. The summed E-state index contributed by atoms with van der Waals surface area (Å²) in [6, 6.07) is 20.5. The quantitative estimate of drug-likeness (QED) is 0.544. The van der Waals surface area contributed by atoms with Crippen LogP contribution >= 0.6 is 11.6 Å². The number of anilines is 1. The van der Waals surface area contributed by atoms with E-state index < -0.39 is 0 Å². The summed E-state index contributed by atoms with van der Waals surface area (Å²) in [6.07, 6.45) is 1.91. The van der Waals surface area contributed by atoms with Crippen molar-refractivity contribution in [1.82, 2.24) is 9.38 Å². The van der Waals surface area contributed by atoms with Crippen molar-refractivity contribution in [3.8, 4) is 11.3 Å². The molecule has 0 aliphatic heterocycles. The number of hydrogen-bond acceptors (Lipinski definition) is 2. The Labute approximate surface area is 156 Å². The summed E-state index contributed by atoms with van der Waals surface area (Å²) < 4.78 is 1.88. The van der Waals surface area contributed by atoms with Crippen LogP contribution in [0.1, 0.15) is 15.9 Å². The van der Waals surface area contributed by atoms with Gasteiger partial charge in [0.05, 0.1) is 0 Å². The summed E-state index contributed by atoms with van der Waals surface area (Å²) in [4.78, 5) is 17.4. The molecular weight excluding hydrogens is 346 g/mol. The summed E-state index contributed by atoms with van der Waals surface area (Å²) in [5.74, 6) is 0.437. The molecule has 4 rings (SSSR count). The Morgan fingerprint density at radius 3 is 2.62 bits per heavy atom. The van der Waals surface area contributed by atoms with Crippen LogP contribution in [-0.2, 0) is 0 Å². The lowest BCUT2D eigenvalue weighted by Crippen LogP contribution is -2.13. The van der Waals surface area contributed by atoms with Crippen LogP contribution in [0.15, 0.2) is 72.9 Å². The normalized spacial score (nSPS) is 10.8. The number of pyridine rings is 1. The second-order valence-corrected chi connectivity index (χ2v) is 6.51. The molecule has 0 aliphatic carbocycles. The van der Waals surface area contributed by atoms with Gasteiger partial charge in [-0.05, 0) is 48.9 Å². The van der Waals surface area contributed by atoms with E-state index in [2.05, 4.69) is 5.32 Å². The van der Waals surface area contributed by atoms with E-state index in [4.69, 9.17) is 16.6 Å². The van der Waals surface area contributed by atoms with Gasteiger partial charge in [0.15, 0.2) is 0 Å². The lowest BCUT2D eigenvalue weighted by Gasteiger charge is -2.08. The Morgan fingerprint density at radius 2 is 1.85 bits per heavy atom. The molecule has 2 aromatic carbocycles. The third-order valence-corrected chi connectivity index (χ3v) is 4.38. The maximum atomic E-state index is 12.7. The first-order chi connectivity index (χ1) is 12.6. The molecule has 0 saturated heterocycles. The van der Waals surface area contributed by atoms with E-state index in [1.54, 1.807) is 12.1 Å². The van der Waals surface area contributed by atoms with Gasteiger partial charge in [0.2, 0.25) is 0 Å². The fraction of sp³-hybridized carbons (Fsp3) is 0.0476. The number of imidazole rings is 1. The Bertz CT molecular complexity index is 1100. The zero-order valence-electron chi connectivity index (χ0n) is 14.1. The van der Waals surface area contributed by atoms with E-state index >= 15 is 0 Å². The molecule has 128 valence electrons. The number of aryl methyl sites for hydroxylation is 1. The van der Waals surface area contributed by atoms with Crippen molar-refractivity contribution >= 4 is 29.0 Å². The highest BCUT2D eigenvalue weighted by atomic mass is 35.5. The number of aromatic nitrogens is 2. The summed E-state index contributed by atoms with van der Waals surface area (Å²) in [7, 11) is 0. The first kappa shape index (κ1) is 16.4. The summed E-state index contributed by atoms with van der Waals surface area (Å²) in [5, 5.41) is 3.63. The van der Waals surface area contributed by atoms with Crippen molar-refractivity contribution in [2.45, 2.75) is 6.92 Å². The van der Waals surface area contributed by atoms with Gasteiger partial charge in [-0.1, -0.05) is 41.9 Å². The first-order valence-corrected chi connectivity index (χ1v) is 8.61. The third kappa shape index (κ3) is 3.07. The van der Waals surface area contributed by atoms with Crippen LogP contribution in [0, 0.1) is 6.92 Å². The number of nitrogens with zero attached hydrogens (tertiary/aromatic N) is 2. The summed E-state index contributed by atoms with van der Waals surface area (Å²) in [5.41, 5.74) is 3.99. The van der Waals surface area contributed by atoms with Gasteiger partial charge in [-0.3, -0.25) is 9.20 Å². The zero-order valence-corrected chi connectivity index (χ0v) is 14.9. The van der Waals surface area contributed by atoms with Gasteiger partial charge in [-0.2, -0.15) is 0 Å². The SMILES string of the molecule is Cc1ccn2c(NC(=O)c3ccccc3)c(-c3cccc(Cl)c3)nc2c1. The zero-order chi connectivity index (χ0) is 18.1. The predicted octanol–water partition coefficient (Wildman–Crippen LogP) is 5.22. The molecule has 0 spiro atoms. The van der Waals surface area contributed by atoms with Crippen LogP contribution in [0.2, 0.25) is 5.02 Å². The number of nitrogens with one attached hydrogen (secondary N) is 1. The van der Waals surface area contributed by atoms with Crippen molar-refractivity contribution in [3.05, 3.63) is 89.1 Å². The fourth-order valence-electron chi connectivity index (χ4n) is 2.87. The van der Waals surface area contributed by atoms with Gasteiger partial charge in [-0.15, -0.1) is 0 Å². The molecule has 4 nitrogen and oxygen atoms in total. The molecule has 2 heterocycles. The smallest absolute Gasteiger partial charge is 0.256 e. The third-order valence-electron chi connectivity index (χ3n) is 4.15. The Balaban J connectivity index is 1.86. The van der Waals surface area contributed by atoms with Gasteiger partial charge < -0.3 is 5.32 Å². The van der Waals surface area contributed by atoms with E-state index in [1.165, 1.54) is 0 Å². The topological polar surface area (TPSA) is 46.4 Å². The van der Waals surface area contributed by atoms with Gasteiger partial charge in [0, 0.05) is 22.3 Å². The van der Waals surface area contributed by atoms with Crippen LogP contribution in [0.3, 0.4) is 0 Å². The molecule has 0 saturated carbocycles. The summed E-state index contributed by atoms with van der Waals surface area (Å²) >= 11 is 6.15. The molecule has 0 aliphatic rings. The van der Waals surface area contributed by atoms with Crippen molar-refractivity contribution in [2.75, 3.05) is 5.32 Å². The second kappa shape index (κ2) is 6.65. The molecule has 4 aromatic rings. The minimum atomic E-state index is -0.184. The van der Waals surface area contributed by atoms with Crippen LogP contribution in [0.5, 0.6) is 0 Å². The standard InChI is InChI=1S/C21H16ClN3O/c1-14-10-11-25-18(12-14)23-19(16-8-5-9-17(22)13-16)20(25)24-21(26)15-6-3-2-4-7-15/h2-13H,1H3,(H,24,26). The Morgan fingerprint density at radius 1 is 1.04 bits per heavy atom. The van der Waals surface area contributed by atoms with E-state index in [1.807, 2.05) is 72.1 Å². The van der Waals surface area contributed by atoms with E-state index in [0.29, 0.717) is 22.1 Å². The lowest BCUT2D eigenvalue weighted by molar-refractivity contribution is 0.102. The maximum absolute atomic E-state index is 12.7. The van der Waals surface area contributed by atoms with Crippen LogP contribution in [0.4, 0.5) is 5.82 Å². The fourth-order valence-corrected chi connectivity index (χ4v) is 3.06. The molecule has 0 unspecified atom stereocenters. The molecule has 0 radical (unpaired) electrons. The van der Waals surface area contributed by atoms with E-state index in [0.717, 1.165) is 16.8 Å². The van der Waals surface area contributed by atoms with Crippen LogP contribution < -0.4 is 5.32 Å². The largest absolute Gasteiger partial charge is 0.306 e. The maximum Gasteiger partial charge on any atom is 0.256 e. The molecule has 1 amide bonds. The molecule has 26 heavy (non-hydrogen) atoms. The number of carbonyl (C=O) groups is 1. The van der Waals surface area contributed by atoms with Crippen molar-refractivity contribution in [2.24, 2.45) is 0 Å². The van der Waals surface area contributed by atoms with Gasteiger partial charge in [-0.25, -0.2) is 4.98 Å². The molecule has 2 aromatic heterocycles. The average molecular weight is 362 g/mol. The number of carbonyl (C=O) groups excluding carboxylic acids is 1. The van der Waals surface area contributed by atoms with Crippen molar-refractivity contribution in [1.29, 1.82) is 0 Å². The number of hydrogen-bond donors (Lipinski definition) is 1. The van der Waals surface area contributed by atoms with Crippen LogP contribution in [-0.4, -0.2) is 15.3 Å².